The molecule has 1 heterocycles. The Morgan fingerprint density at radius 3 is 2.81 bits per heavy atom. The predicted octanol–water partition coefficient (Wildman–Crippen LogP) is -0.482. The van der Waals surface area contributed by atoms with Crippen molar-refractivity contribution >= 4 is 23.1 Å². The van der Waals surface area contributed by atoms with Gasteiger partial charge in [0.05, 0.1) is 29.7 Å². The van der Waals surface area contributed by atoms with Gasteiger partial charge in [-0.25, -0.2) is 0 Å². The molecule has 5 nitrogen and oxygen atoms in total. The zero-order valence-electron chi connectivity index (χ0n) is 9.60. The van der Waals surface area contributed by atoms with E-state index < -0.39 is 5.41 Å². The Balaban J connectivity index is 2.70. The first-order chi connectivity index (χ1) is 7.39. The number of carbonyl (C=O) groups is 1. The van der Waals surface area contributed by atoms with E-state index in [4.69, 9.17) is 27.8 Å². The van der Waals surface area contributed by atoms with E-state index in [1.165, 1.54) is 0 Å². The molecule has 6 heteroatoms. The molecule has 0 radical (unpaired) electrons. The molecule has 0 aliphatic carbocycles. The summed E-state index contributed by atoms with van der Waals surface area (Å²) in [6.07, 6.45) is -0.306. The zero-order valence-corrected chi connectivity index (χ0v) is 10.4. The summed E-state index contributed by atoms with van der Waals surface area (Å²) in [6, 6.07) is 0. The molecular weight excluding hydrogens is 228 g/mol. The predicted molar refractivity (Wildman–Crippen MR) is 64.0 cm³/mol. The molecule has 1 rings (SSSR count). The fourth-order valence-electron chi connectivity index (χ4n) is 1.51. The van der Waals surface area contributed by atoms with Crippen molar-refractivity contribution in [3.8, 4) is 0 Å². The molecule has 1 unspecified atom stereocenters. The summed E-state index contributed by atoms with van der Waals surface area (Å²) < 4.78 is 5.27. The minimum Gasteiger partial charge on any atom is -0.394 e. The van der Waals surface area contributed by atoms with Crippen molar-refractivity contribution in [3.63, 3.8) is 0 Å². The maximum absolute atomic E-state index is 12.1. The summed E-state index contributed by atoms with van der Waals surface area (Å²) in [6.45, 7) is 4.67. The van der Waals surface area contributed by atoms with Gasteiger partial charge < -0.3 is 20.5 Å². The van der Waals surface area contributed by atoms with Crippen LogP contribution in [0.4, 0.5) is 0 Å². The zero-order chi connectivity index (χ0) is 12.3. The van der Waals surface area contributed by atoms with E-state index in [1.807, 2.05) is 0 Å². The first-order valence-corrected chi connectivity index (χ1v) is 5.62. The first-order valence-electron chi connectivity index (χ1n) is 5.21. The summed E-state index contributed by atoms with van der Waals surface area (Å²) >= 11 is 4.88. The third-order valence-corrected chi connectivity index (χ3v) is 3.29. The average Bonchev–Trinajstić information content (AvgIpc) is 2.27. The fraction of sp³-hybridized carbons (Fsp3) is 0.800. The molecule has 0 aromatic heterocycles. The van der Waals surface area contributed by atoms with Crippen LogP contribution in [-0.2, 0) is 9.53 Å². The van der Waals surface area contributed by atoms with Gasteiger partial charge in [-0.2, -0.15) is 0 Å². The smallest absolute Gasteiger partial charge is 0.235 e. The quantitative estimate of drug-likeness (QED) is 0.658. The van der Waals surface area contributed by atoms with Gasteiger partial charge in [0.2, 0.25) is 5.91 Å². The van der Waals surface area contributed by atoms with E-state index in [2.05, 4.69) is 0 Å². The van der Waals surface area contributed by atoms with E-state index in [0.717, 1.165) is 0 Å². The summed E-state index contributed by atoms with van der Waals surface area (Å²) in [5, 5.41) is 8.99. The Labute approximate surface area is 101 Å². The summed E-state index contributed by atoms with van der Waals surface area (Å²) in [5.41, 5.74) is 4.71. The third-order valence-electron chi connectivity index (χ3n) is 2.78. The monoisotopic (exact) mass is 246 g/mol. The highest BCUT2D eigenvalue weighted by atomic mass is 32.1. The van der Waals surface area contributed by atoms with Crippen LogP contribution < -0.4 is 5.73 Å². The van der Waals surface area contributed by atoms with Crippen LogP contribution in [0.5, 0.6) is 0 Å². The van der Waals surface area contributed by atoms with E-state index in [0.29, 0.717) is 19.7 Å². The number of nitrogens with zero attached hydrogens (tertiary/aromatic N) is 1. The van der Waals surface area contributed by atoms with E-state index >= 15 is 0 Å². The van der Waals surface area contributed by atoms with Crippen LogP contribution in [0, 0.1) is 5.41 Å². The van der Waals surface area contributed by atoms with Crippen LogP contribution in [0.2, 0.25) is 0 Å². The number of morpholine rings is 1. The number of thiocarbonyl (C=S) groups is 1. The molecule has 1 atom stereocenters. The topological polar surface area (TPSA) is 75.8 Å². The molecule has 0 saturated carbocycles. The molecule has 3 N–H and O–H groups in total. The van der Waals surface area contributed by atoms with Gasteiger partial charge in [0.1, 0.15) is 0 Å². The van der Waals surface area contributed by atoms with Crippen molar-refractivity contribution in [1.82, 2.24) is 4.90 Å². The number of amides is 1. The molecule has 0 bridgehead atoms. The second kappa shape index (κ2) is 5.07. The molecule has 1 aliphatic heterocycles. The lowest BCUT2D eigenvalue weighted by Crippen LogP contribution is -2.53. The largest absolute Gasteiger partial charge is 0.394 e. The average molecular weight is 246 g/mol. The number of rotatable bonds is 3. The Bertz CT molecular complexity index is 294. The van der Waals surface area contributed by atoms with Crippen molar-refractivity contribution < 1.29 is 14.6 Å². The van der Waals surface area contributed by atoms with Crippen molar-refractivity contribution in [2.24, 2.45) is 11.1 Å². The second-order valence-electron chi connectivity index (χ2n) is 4.42. The van der Waals surface area contributed by atoms with Gasteiger partial charge in [-0.1, -0.05) is 12.2 Å². The maximum atomic E-state index is 12.1. The third kappa shape index (κ3) is 2.69. The van der Waals surface area contributed by atoms with Gasteiger partial charge >= 0.3 is 0 Å². The Kier molecular flexibility index (Phi) is 4.23. The molecule has 1 amide bonds. The SMILES string of the molecule is CC(C)(C(=O)N1CCOC(CO)C1)C(N)=S. The van der Waals surface area contributed by atoms with Crippen molar-refractivity contribution in [1.29, 1.82) is 0 Å². The van der Waals surface area contributed by atoms with Crippen molar-refractivity contribution in [2.75, 3.05) is 26.3 Å². The van der Waals surface area contributed by atoms with Crippen LogP contribution >= 0.6 is 12.2 Å². The van der Waals surface area contributed by atoms with Gasteiger partial charge in [-0.05, 0) is 13.8 Å². The highest BCUT2D eigenvalue weighted by Crippen LogP contribution is 2.21. The van der Waals surface area contributed by atoms with Crippen LogP contribution in [-0.4, -0.2) is 53.3 Å². The van der Waals surface area contributed by atoms with E-state index in [9.17, 15) is 4.79 Å². The highest BCUT2D eigenvalue weighted by molar-refractivity contribution is 7.80. The number of ether oxygens (including phenoxy) is 1. The van der Waals surface area contributed by atoms with Gasteiger partial charge in [0.15, 0.2) is 0 Å². The number of hydrogen-bond donors (Lipinski definition) is 2. The molecule has 0 spiro atoms. The maximum Gasteiger partial charge on any atom is 0.235 e. The molecule has 1 aliphatic rings. The van der Waals surface area contributed by atoms with Gasteiger partial charge in [0, 0.05) is 13.1 Å². The van der Waals surface area contributed by atoms with Gasteiger partial charge in [0.25, 0.3) is 0 Å². The number of aliphatic hydroxyl groups excluding tert-OH is 1. The Morgan fingerprint density at radius 1 is 1.69 bits per heavy atom. The summed E-state index contributed by atoms with van der Waals surface area (Å²) in [7, 11) is 0. The lowest BCUT2D eigenvalue weighted by atomic mass is 9.91. The lowest BCUT2D eigenvalue weighted by molar-refractivity contribution is -0.145. The van der Waals surface area contributed by atoms with Crippen LogP contribution in [0.3, 0.4) is 0 Å². The van der Waals surface area contributed by atoms with Crippen molar-refractivity contribution in [3.05, 3.63) is 0 Å². The van der Waals surface area contributed by atoms with Gasteiger partial charge in [-0.15, -0.1) is 0 Å². The molecule has 1 fully saturated rings. The number of hydrogen-bond acceptors (Lipinski definition) is 4. The molecule has 92 valence electrons. The number of carbonyl (C=O) groups excluding carboxylic acids is 1. The van der Waals surface area contributed by atoms with Crippen molar-refractivity contribution in [2.45, 2.75) is 20.0 Å². The summed E-state index contributed by atoms with van der Waals surface area (Å²) in [4.78, 5) is 14.0. The molecular formula is C10H18N2O3S. The van der Waals surface area contributed by atoms with Crippen LogP contribution in [0.15, 0.2) is 0 Å². The normalized spacial score (nSPS) is 21.9. The minimum absolute atomic E-state index is 0.0860. The fourth-order valence-corrected chi connectivity index (χ4v) is 1.60. The second-order valence-corrected chi connectivity index (χ2v) is 4.86. The first kappa shape index (κ1) is 13.3. The molecule has 0 aromatic rings. The molecule has 0 aromatic carbocycles. The van der Waals surface area contributed by atoms with Crippen LogP contribution in [0.1, 0.15) is 13.8 Å². The van der Waals surface area contributed by atoms with E-state index in [-0.39, 0.29) is 23.6 Å². The van der Waals surface area contributed by atoms with E-state index in [1.54, 1.807) is 18.7 Å². The Hall–Kier alpha value is -0.720. The van der Waals surface area contributed by atoms with Gasteiger partial charge in [-0.3, -0.25) is 4.79 Å². The minimum atomic E-state index is -0.841. The lowest BCUT2D eigenvalue weighted by Gasteiger charge is -2.36. The summed E-state index contributed by atoms with van der Waals surface area (Å²) in [5.74, 6) is -0.109. The highest BCUT2D eigenvalue weighted by Gasteiger charge is 2.36. The number of aliphatic hydroxyl groups is 1. The molecule has 16 heavy (non-hydrogen) atoms. The Morgan fingerprint density at radius 2 is 2.31 bits per heavy atom. The van der Waals surface area contributed by atoms with Crippen LogP contribution in [0.25, 0.3) is 0 Å². The number of nitrogens with two attached hydrogens (primary N) is 1. The molecule has 1 saturated heterocycles. The standard InChI is InChI=1S/C10H18N2O3S/c1-10(2,8(11)16)9(14)12-3-4-15-7(5-12)6-13/h7,13H,3-6H2,1-2H3,(H2,11,16).